The number of hydrogen-bond acceptors (Lipinski definition) is 5. The zero-order chi connectivity index (χ0) is 27.4. The van der Waals surface area contributed by atoms with Crippen LogP contribution in [0.25, 0.3) is 0 Å². The average Bonchev–Trinajstić information content (AvgIpc) is 3.48. The van der Waals surface area contributed by atoms with Crippen LogP contribution in [0.15, 0.2) is 61.2 Å². The molecule has 3 aliphatic heterocycles. The molecule has 9 heteroatoms. The van der Waals surface area contributed by atoms with Crippen molar-refractivity contribution in [2.45, 2.75) is 48.9 Å². The number of halogens is 1. The van der Waals surface area contributed by atoms with Crippen LogP contribution in [0.4, 0.5) is 5.69 Å². The number of hydrogen-bond donors (Lipinski definition) is 2. The maximum Gasteiger partial charge on any atom is 0.310 e. The van der Waals surface area contributed by atoms with Crippen molar-refractivity contribution >= 4 is 39.4 Å². The number of ether oxygens (including phenoxy) is 1. The first-order valence-corrected chi connectivity index (χ1v) is 13.6. The molecule has 200 valence electrons. The Bertz CT molecular complexity index is 1260. The summed E-state index contributed by atoms with van der Waals surface area (Å²) in [5.74, 6) is -4.16. The summed E-state index contributed by atoms with van der Waals surface area (Å²) >= 11 is 3.58. The summed E-state index contributed by atoms with van der Waals surface area (Å²) in [6.07, 6.45) is 1.18. The van der Waals surface area contributed by atoms with Gasteiger partial charge in [0.05, 0.1) is 30.6 Å². The number of carboxylic acid groups (broad SMARTS) is 1. The number of aryl methyl sites for hydroxylation is 2. The maximum atomic E-state index is 14.7. The molecular formula is C29H31BrN2O6. The molecule has 38 heavy (non-hydrogen) atoms. The van der Waals surface area contributed by atoms with Gasteiger partial charge >= 0.3 is 5.97 Å². The van der Waals surface area contributed by atoms with Gasteiger partial charge in [-0.1, -0.05) is 70.5 Å². The molecule has 3 saturated heterocycles. The minimum atomic E-state index is -1.35. The maximum absolute atomic E-state index is 14.7. The van der Waals surface area contributed by atoms with E-state index in [4.69, 9.17) is 4.74 Å². The first-order valence-electron chi connectivity index (χ1n) is 12.7. The van der Waals surface area contributed by atoms with Gasteiger partial charge in [-0.15, -0.1) is 6.58 Å². The van der Waals surface area contributed by atoms with Crippen LogP contribution in [0, 0.1) is 25.7 Å². The normalized spacial score (nSPS) is 30.3. The Balaban J connectivity index is 1.70. The molecule has 2 aromatic carbocycles. The van der Waals surface area contributed by atoms with Crippen LogP contribution in [-0.4, -0.2) is 68.6 Å². The minimum absolute atomic E-state index is 0.183. The number of alkyl halides is 1. The lowest BCUT2D eigenvalue weighted by Gasteiger charge is -2.40. The molecular weight excluding hydrogens is 552 g/mol. The van der Waals surface area contributed by atoms with E-state index < -0.39 is 54.1 Å². The number of carbonyl (C=O) groups is 3. The molecule has 0 saturated carbocycles. The number of anilines is 1. The Hall–Kier alpha value is -3.01. The van der Waals surface area contributed by atoms with E-state index in [9.17, 15) is 24.6 Å². The summed E-state index contributed by atoms with van der Waals surface area (Å²) in [7, 11) is 0. The van der Waals surface area contributed by atoms with Gasteiger partial charge in [0.2, 0.25) is 5.91 Å². The Morgan fingerprint density at radius 3 is 2.45 bits per heavy atom. The Morgan fingerprint density at radius 2 is 1.87 bits per heavy atom. The third-order valence-corrected chi connectivity index (χ3v) is 9.07. The van der Waals surface area contributed by atoms with E-state index in [0.29, 0.717) is 17.7 Å². The lowest BCUT2D eigenvalue weighted by Crippen LogP contribution is -2.57. The van der Waals surface area contributed by atoms with Crippen molar-refractivity contribution < 1.29 is 29.3 Å². The van der Waals surface area contributed by atoms with Crippen molar-refractivity contribution in [2.75, 3.05) is 18.1 Å². The number of aliphatic carboxylic acids is 1. The van der Waals surface area contributed by atoms with Crippen molar-refractivity contribution in [2.24, 2.45) is 11.8 Å². The van der Waals surface area contributed by atoms with Gasteiger partial charge in [0.1, 0.15) is 11.6 Å². The summed E-state index contributed by atoms with van der Waals surface area (Å²) in [4.78, 5) is 44.0. The summed E-state index contributed by atoms with van der Waals surface area (Å²) in [6.45, 7) is 7.43. The summed E-state index contributed by atoms with van der Waals surface area (Å²) in [5.41, 5.74) is 1.77. The lowest BCUT2D eigenvalue weighted by molar-refractivity contribution is -0.151. The molecule has 3 aliphatic rings. The SMILES string of the molecule is C=CCN(C(=O)[C@@H]1N([C@H](CO)c2ccccc2)C(=O)[C@H]2[C@H](C(=O)O)[C@H]3O[C@@]12CC3Br)c1c(C)cccc1C. The van der Waals surface area contributed by atoms with E-state index in [1.54, 1.807) is 35.2 Å². The third-order valence-electron chi connectivity index (χ3n) is 8.23. The molecule has 0 aliphatic carbocycles. The van der Waals surface area contributed by atoms with Gasteiger partial charge in [0.15, 0.2) is 0 Å². The number of aliphatic hydroxyl groups excluding tert-OH is 1. The van der Waals surface area contributed by atoms with E-state index in [-0.39, 0.29) is 17.3 Å². The number of para-hydroxylation sites is 1. The molecule has 7 atom stereocenters. The van der Waals surface area contributed by atoms with Gasteiger partial charge < -0.3 is 24.7 Å². The fraction of sp³-hybridized carbons (Fsp3) is 0.414. The Kier molecular flexibility index (Phi) is 6.96. The highest BCUT2D eigenvalue weighted by atomic mass is 79.9. The fourth-order valence-electron chi connectivity index (χ4n) is 6.79. The largest absolute Gasteiger partial charge is 0.481 e. The Morgan fingerprint density at radius 1 is 1.21 bits per heavy atom. The van der Waals surface area contributed by atoms with Crippen LogP contribution in [0.3, 0.4) is 0 Å². The van der Waals surface area contributed by atoms with E-state index in [0.717, 1.165) is 11.1 Å². The molecule has 2 bridgehead atoms. The number of amides is 2. The number of aliphatic hydroxyl groups is 1. The molecule has 0 aromatic heterocycles. The van der Waals surface area contributed by atoms with Crippen molar-refractivity contribution in [3.8, 4) is 0 Å². The smallest absolute Gasteiger partial charge is 0.310 e. The monoisotopic (exact) mass is 582 g/mol. The molecule has 0 radical (unpaired) electrons. The van der Waals surface area contributed by atoms with Crippen molar-refractivity contribution in [1.82, 2.24) is 4.90 Å². The number of rotatable bonds is 8. The second-order valence-electron chi connectivity index (χ2n) is 10.3. The van der Waals surface area contributed by atoms with E-state index in [2.05, 4.69) is 22.5 Å². The fourth-order valence-corrected chi connectivity index (χ4v) is 7.74. The molecule has 8 nitrogen and oxygen atoms in total. The van der Waals surface area contributed by atoms with Gasteiger partial charge in [-0.3, -0.25) is 14.4 Å². The topological polar surface area (TPSA) is 107 Å². The number of likely N-dealkylation sites (tertiary alicyclic amines) is 1. The molecule has 2 N–H and O–H groups in total. The first-order chi connectivity index (χ1) is 18.2. The molecule has 3 fully saturated rings. The quantitative estimate of drug-likeness (QED) is 0.365. The summed E-state index contributed by atoms with van der Waals surface area (Å²) < 4.78 is 6.41. The van der Waals surface area contributed by atoms with Gasteiger partial charge in [0, 0.05) is 17.1 Å². The van der Waals surface area contributed by atoms with E-state index in [1.807, 2.05) is 38.1 Å². The zero-order valence-corrected chi connectivity index (χ0v) is 22.9. The van der Waals surface area contributed by atoms with Gasteiger partial charge in [-0.05, 0) is 37.0 Å². The highest BCUT2D eigenvalue weighted by Crippen LogP contribution is 2.61. The lowest BCUT2D eigenvalue weighted by atomic mass is 9.70. The highest BCUT2D eigenvalue weighted by molar-refractivity contribution is 9.09. The van der Waals surface area contributed by atoms with Crippen molar-refractivity contribution in [3.05, 3.63) is 77.9 Å². The number of carboxylic acids is 1. The van der Waals surface area contributed by atoms with Crippen LogP contribution in [0.1, 0.15) is 29.2 Å². The van der Waals surface area contributed by atoms with Gasteiger partial charge in [-0.25, -0.2) is 0 Å². The number of nitrogens with zero attached hydrogens (tertiary/aromatic N) is 2. The number of fused-ring (bicyclic) bond motifs is 1. The minimum Gasteiger partial charge on any atom is -0.481 e. The van der Waals surface area contributed by atoms with Crippen LogP contribution >= 0.6 is 15.9 Å². The van der Waals surface area contributed by atoms with Crippen molar-refractivity contribution in [1.29, 1.82) is 0 Å². The van der Waals surface area contributed by atoms with Crippen molar-refractivity contribution in [3.63, 3.8) is 0 Å². The first kappa shape index (κ1) is 26.6. The summed E-state index contributed by atoms with van der Waals surface area (Å²) in [6, 6.07) is 12.7. The second kappa shape index (κ2) is 9.94. The van der Waals surface area contributed by atoms with E-state index >= 15 is 0 Å². The van der Waals surface area contributed by atoms with Gasteiger partial charge in [-0.2, -0.15) is 0 Å². The molecule has 2 amide bonds. The molecule has 5 rings (SSSR count). The average molecular weight is 583 g/mol. The standard InChI is InChI=1S/C29H31BrN2O6/c1-4-13-31(23-16(2)9-8-10-17(23)3)27(35)25-29-14-19(30)24(38-29)21(28(36)37)22(29)26(34)32(25)20(15-33)18-11-6-5-7-12-18/h4-12,19-22,24-25,33H,1,13-15H2,2-3H3,(H,36,37)/t19?,20-,21+,22-,24+,25+,29-/m1/s1. The van der Waals surface area contributed by atoms with Gasteiger partial charge in [0.25, 0.3) is 5.91 Å². The second-order valence-corrected chi connectivity index (χ2v) is 11.5. The zero-order valence-electron chi connectivity index (χ0n) is 21.3. The van der Waals surface area contributed by atoms with E-state index in [1.165, 1.54) is 4.90 Å². The number of carbonyl (C=O) groups excluding carboxylic acids is 2. The Labute approximate surface area is 230 Å². The van der Waals surface area contributed by atoms with Crippen LogP contribution < -0.4 is 4.90 Å². The van der Waals surface area contributed by atoms with Crippen LogP contribution in [0.5, 0.6) is 0 Å². The predicted molar refractivity (Wildman–Crippen MR) is 145 cm³/mol. The molecule has 2 aromatic rings. The predicted octanol–water partition coefficient (Wildman–Crippen LogP) is 3.39. The molecule has 3 heterocycles. The number of benzene rings is 2. The third kappa shape index (κ3) is 3.82. The molecule has 1 spiro atoms. The molecule has 1 unspecified atom stereocenters. The summed E-state index contributed by atoms with van der Waals surface area (Å²) in [5, 5.41) is 20.7. The van der Waals surface area contributed by atoms with Crippen LogP contribution in [-0.2, 0) is 19.1 Å². The van der Waals surface area contributed by atoms with Crippen LogP contribution in [0.2, 0.25) is 0 Å². The highest BCUT2D eigenvalue weighted by Gasteiger charge is 2.77.